The van der Waals surface area contributed by atoms with E-state index in [-0.39, 0.29) is 0 Å². The summed E-state index contributed by atoms with van der Waals surface area (Å²) in [5, 5.41) is 36.1. The van der Waals surface area contributed by atoms with Gasteiger partial charge < -0.3 is 30.9 Å². The van der Waals surface area contributed by atoms with Gasteiger partial charge in [0, 0.05) is 0 Å². The Bertz CT molecular complexity index is 150. The Morgan fingerprint density at radius 1 is 1.17 bits per heavy atom. The highest BCUT2D eigenvalue weighted by molar-refractivity contribution is 4.90. The van der Waals surface area contributed by atoms with Gasteiger partial charge in [-0.3, -0.25) is 0 Å². The molecule has 0 aromatic heterocycles. The summed E-state index contributed by atoms with van der Waals surface area (Å²) < 4.78 is 4.70. The first kappa shape index (κ1) is 9.85. The second-order valence-corrected chi connectivity index (χ2v) is 2.81. The van der Waals surface area contributed by atoms with E-state index in [4.69, 9.17) is 20.7 Å². The number of nitrogens with two attached hydrogens (primary N) is 1. The first-order valence-corrected chi connectivity index (χ1v) is 3.64. The molecule has 0 aromatic carbocycles. The molecule has 1 rings (SSSR count). The predicted octanol–water partition coefficient (Wildman–Crippen LogP) is -3.25. The standard InChI is InChI=1S/C6H13NO5/c7-3-5(10)4(9)2(1-8)12-6(3)11/h2-6,8-11H,1,7H2/i1+1,2+1,3+1,4+1,5+1,6+1. The normalized spacial score (nSPS) is 49.2. The Balaban J connectivity index is 2.63. The minimum absolute atomic E-state index is 0.470. The largest absolute Gasteiger partial charge is 0.394 e. The van der Waals surface area contributed by atoms with E-state index in [0.717, 1.165) is 0 Å². The fourth-order valence-electron chi connectivity index (χ4n) is 1.12. The molecule has 0 aromatic rings. The number of hydrogen-bond acceptors (Lipinski definition) is 6. The third-order valence-electron chi connectivity index (χ3n) is 1.95. The summed E-state index contributed by atoms with van der Waals surface area (Å²) in [6.45, 7) is -0.470. The van der Waals surface area contributed by atoms with Gasteiger partial charge in [0.05, 0.1) is 12.6 Å². The lowest BCUT2D eigenvalue weighted by Crippen LogP contribution is -2.61. The number of aliphatic hydroxyl groups excluding tert-OH is 4. The minimum atomic E-state index is -1.35. The van der Waals surface area contributed by atoms with Gasteiger partial charge in [0.1, 0.15) is 18.3 Å². The average molecular weight is 185 g/mol. The van der Waals surface area contributed by atoms with Crippen LogP contribution in [-0.2, 0) is 4.74 Å². The zero-order chi connectivity index (χ0) is 9.30. The van der Waals surface area contributed by atoms with Crippen LogP contribution in [-0.4, -0.2) is 57.7 Å². The Labute approximate surface area is 69.2 Å². The molecule has 0 saturated carbocycles. The lowest BCUT2D eigenvalue weighted by Gasteiger charge is -2.38. The van der Waals surface area contributed by atoms with Crippen molar-refractivity contribution >= 4 is 0 Å². The maximum atomic E-state index is 9.20. The van der Waals surface area contributed by atoms with Crippen molar-refractivity contribution in [1.82, 2.24) is 0 Å². The molecule has 0 bridgehead atoms. The van der Waals surface area contributed by atoms with Crippen molar-refractivity contribution in [3.63, 3.8) is 0 Å². The van der Waals surface area contributed by atoms with Crippen LogP contribution < -0.4 is 5.73 Å². The molecule has 0 amide bonds. The first-order valence-electron chi connectivity index (χ1n) is 3.64. The highest BCUT2D eigenvalue weighted by Gasteiger charge is 2.41. The second kappa shape index (κ2) is 3.65. The molecule has 1 heterocycles. The molecule has 6 heteroatoms. The molecule has 5 unspecified atom stereocenters. The molecule has 1 saturated heterocycles. The van der Waals surface area contributed by atoms with Gasteiger partial charge in [-0.1, -0.05) is 0 Å². The van der Waals surface area contributed by atoms with Gasteiger partial charge in [-0.05, 0) is 0 Å². The van der Waals surface area contributed by atoms with Crippen LogP contribution in [0, 0.1) is 0 Å². The predicted molar refractivity (Wildman–Crippen MR) is 38.0 cm³/mol. The van der Waals surface area contributed by atoms with E-state index < -0.39 is 37.3 Å². The topological polar surface area (TPSA) is 116 Å². The maximum Gasteiger partial charge on any atom is 0.173 e. The molecular weight excluding hydrogens is 172 g/mol. The van der Waals surface area contributed by atoms with Crippen molar-refractivity contribution in [1.29, 1.82) is 0 Å². The van der Waals surface area contributed by atoms with Gasteiger partial charge >= 0.3 is 0 Å². The van der Waals surface area contributed by atoms with Crippen LogP contribution in [0.5, 0.6) is 0 Å². The average Bonchev–Trinajstić information content (AvgIpc) is 2.08. The molecule has 1 aliphatic heterocycles. The third-order valence-corrected chi connectivity index (χ3v) is 1.95. The monoisotopic (exact) mass is 185 g/mol. The Morgan fingerprint density at radius 2 is 1.75 bits per heavy atom. The van der Waals surface area contributed by atoms with E-state index in [9.17, 15) is 10.2 Å². The summed E-state index contributed by atoms with van der Waals surface area (Å²) in [6.07, 6.45) is -4.85. The van der Waals surface area contributed by atoms with Gasteiger partial charge in [0.2, 0.25) is 0 Å². The van der Waals surface area contributed by atoms with Crippen LogP contribution in [0.15, 0.2) is 0 Å². The minimum Gasteiger partial charge on any atom is -0.394 e. The zero-order valence-corrected chi connectivity index (χ0v) is 6.37. The summed E-state index contributed by atoms with van der Waals surface area (Å²) in [7, 11) is 0. The van der Waals surface area contributed by atoms with Crippen molar-refractivity contribution in [3.8, 4) is 0 Å². The molecule has 1 aliphatic rings. The highest BCUT2D eigenvalue weighted by atomic mass is 16.8. The van der Waals surface area contributed by atoms with Crippen molar-refractivity contribution in [3.05, 3.63) is 0 Å². The summed E-state index contributed by atoms with van der Waals surface area (Å²) in [5.74, 6) is 0. The summed E-state index contributed by atoms with van der Waals surface area (Å²) in [6, 6.07) is -1.04. The van der Waals surface area contributed by atoms with Crippen LogP contribution in [0.1, 0.15) is 0 Å². The van der Waals surface area contributed by atoms with Gasteiger partial charge in [0.15, 0.2) is 6.29 Å². The SMILES string of the molecule is N[13CH]1[13CH](O)O[13CH]([13CH2]O)[13CH](O)[13CH]1O. The number of rotatable bonds is 1. The van der Waals surface area contributed by atoms with Crippen molar-refractivity contribution < 1.29 is 25.2 Å². The number of hydrogen-bond donors (Lipinski definition) is 5. The molecular formula is C6H13NO5. The lowest BCUT2D eigenvalue weighted by atomic mass is 10.9. The van der Waals surface area contributed by atoms with Crippen LogP contribution in [0.4, 0.5) is 0 Å². The molecule has 0 aliphatic carbocycles. The molecule has 5 atom stereocenters. The van der Waals surface area contributed by atoms with Crippen LogP contribution in [0.3, 0.4) is 0 Å². The number of ether oxygens (including phenoxy) is 1. The van der Waals surface area contributed by atoms with Gasteiger partial charge in [-0.25, -0.2) is 0 Å². The van der Waals surface area contributed by atoms with Gasteiger partial charge in [0.25, 0.3) is 0 Å². The zero-order valence-electron chi connectivity index (χ0n) is 6.37. The van der Waals surface area contributed by atoms with E-state index in [1.807, 2.05) is 0 Å². The van der Waals surface area contributed by atoms with E-state index in [0.29, 0.717) is 0 Å². The number of aliphatic hydroxyl groups is 4. The quantitative estimate of drug-likeness (QED) is 0.274. The molecule has 1 fully saturated rings. The molecule has 6 nitrogen and oxygen atoms in total. The fourth-order valence-corrected chi connectivity index (χ4v) is 1.12. The van der Waals surface area contributed by atoms with Crippen LogP contribution >= 0.6 is 0 Å². The molecule has 6 N–H and O–H groups in total. The first-order chi connectivity index (χ1) is 5.57. The summed E-state index contributed by atoms with van der Waals surface area (Å²) in [5.41, 5.74) is 5.26. The molecule has 0 radical (unpaired) electrons. The molecule has 12 heavy (non-hydrogen) atoms. The fraction of sp³-hybridized carbons (Fsp3) is 1.00. The van der Waals surface area contributed by atoms with Gasteiger partial charge in [-0.2, -0.15) is 0 Å². The van der Waals surface area contributed by atoms with Crippen molar-refractivity contribution in [2.45, 2.75) is 30.6 Å². The van der Waals surface area contributed by atoms with E-state index >= 15 is 0 Å². The molecule has 0 spiro atoms. The Hall–Kier alpha value is -0.240. The molecule has 72 valence electrons. The Kier molecular flexibility index (Phi) is 2.99. The van der Waals surface area contributed by atoms with Crippen molar-refractivity contribution in [2.24, 2.45) is 5.73 Å². The Morgan fingerprint density at radius 3 is 2.25 bits per heavy atom. The second-order valence-electron chi connectivity index (χ2n) is 2.81. The van der Waals surface area contributed by atoms with Crippen molar-refractivity contribution in [2.75, 3.05) is 6.61 Å². The maximum absolute atomic E-state index is 9.20. The van der Waals surface area contributed by atoms with E-state index in [2.05, 4.69) is 0 Å². The summed E-state index contributed by atoms with van der Waals surface area (Å²) >= 11 is 0. The smallest absolute Gasteiger partial charge is 0.173 e. The van der Waals surface area contributed by atoms with Crippen LogP contribution in [0.2, 0.25) is 0 Å². The van der Waals surface area contributed by atoms with Gasteiger partial charge in [-0.15, -0.1) is 0 Å². The van der Waals surface area contributed by atoms with E-state index in [1.165, 1.54) is 0 Å². The third kappa shape index (κ3) is 1.58. The highest BCUT2D eigenvalue weighted by Crippen LogP contribution is 2.17. The van der Waals surface area contributed by atoms with Crippen LogP contribution in [0.25, 0.3) is 0 Å². The lowest BCUT2D eigenvalue weighted by molar-refractivity contribution is -0.248. The van der Waals surface area contributed by atoms with E-state index in [1.54, 1.807) is 0 Å². The summed E-state index contributed by atoms with van der Waals surface area (Å²) in [4.78, 5) is 0.